The number of fused-ring (bicyclic) bond motifs is 1. The number of anilines is 1. The number of carbonyl (C=O) groups is 2. The van der Waals surface area contributed by atoms with Gasteiger partial charge < -0.3 is 10.0 Å². The van der Waals surface area contributed by atoms with E-state index < -0.39 is 5.41 Å². The number of aliphatic hydroxyl groups excluding tert-OH is 1. The number of hydrogen-bond donors (Lipinski definition) is 1. The Morgan fingerprint density at radius 1 is 1.23 bits per heavy atom. The maximum absolute atomic E-state index is 12.4. The Morgan fingerprint density at radius 3 is 2.58 bits per heavy atom. The van der Waals surface area contributed by atoms with Crippen molar-refractivity contribution in [3.8, 4) is 11.1 Å². The van der Waals surface area contributed by atoms with Gasteiger partial charge in [-0.15, -0.1) is 0 Å². The van der Waals surface area contributed by atoms with Crippen LogP contribution in [-0.2, 0) is 22.6 Å². The lowest BCUT2D eigenvalue weighted by Crippen LogP contribution is -2.37. The summed E-state index contributed by atoms with van der Waals surface area (Å²) in [5.74, 6) is -0.0682. The maximum Gasteiger partial charge on any atom is 0.233 e. The van der Waals surface area contributed by atoms with Crippen molar-refractivity contribution in [2.45, 2.75) is 40.7 Å². The van der Waals surface area contributed by atoms with E-state index in [4.69, 9.17) is 0 Å². The van der Waals surface area contributed by atoms with E-state index in [0.717, 1.165) is 22.3 Å². The van der Waals surface area contributed by atoms with E-state index in [2.05, 4.69) is 4.98 Å². The summed E-state index contributed by atoms with van der Waals surface area (Å²) >= 11 is 0. The van der Waals surface area contributed by atoms with E-state index in [0.29, 0.717) is 11.4 Å². The molecule has 1 aromatic heterocycles. The van der Waals surface area contributed by atoms with Crippen molar-refractivity contribution < 1.29 is 14.7 Å². The summed E-state index contributed by atoms with van der Waals surface area (Å²) in [6.07, 6.45) is 1.99. The molecule has 2 heterocycles. The zero-order valence-corrected chi connectivity index (χ0v) is 15.7. The van der Waals surface area contributed by atoms with Gasteiger partial charge >= 0.3 is 0 Å². The molecule has 0 saturated carbocycles. The molecule has 26 heavy (non-hydrogen) atoms. The highest BCUT2D eigenvalue weighted by Gasteiger charge is 2.33. The van der Waals surface area contributed by atoms with Gasteiger partial charge in [0.05, 0.1) is 31.0 Å². The van der Waals surface area contributed by atoms with Crippen LogP contribution in [0.4, 0.5) is 5.69 Å². The summed E-state index contributed by atoms with van der Waals surface area (Å²) in [6.45, 7) is 7.60. The number of aromatic nitrogens is 1. The molecule has 0 aliphatic carbocycles. The van der Waals surface area contributed by atoms with Crippen molar-refractivity contribution in [3.63, 3.8) is 0 Å². The van der Waals surface area contributed by atoms with Gasteiger partial charge in [-0.1, -0.05) is 39.0 Å². The van der Waals surface area contributed by atoms with Gasteiger partial charge in [0.25, 0.3) is 0 Å². The van der Waals surface area contributed by atoms with Crippen molar-refractivity contribution in [1.82, 2.24) is 4.98 Å². The van der Waals surface area contributed by atoms with E-state index in [9.17, 15) is 14.7 Å². The average Bonchev–Trinajstić information content (AvgIpc) is 2.89. The number of amides is 1. The number of pyridine rings is 1. The number of carbonyl (C=O) groups excluding carboxylic acids is 2. The lowest BCUT2D eigenvalue weighted by Gasteiger charge is -2.23. The molecule has 3 rings (SSSR count). The number of aryl methyl sites for hydroxylation is 1. The maximum atomic E-state index is 12.4. The van der Waals surface area contributed by atoms with Gasteiger partial charge in [0.2, 0.25) is 5.91 Å². The molecule has 0 atom stereocenters. The largest absolute Gasteiger partial charge is 0.392 e. The molecular weight excluding hydrogens is 328 g/mol. The number of rotatable bonds is 4. The number of ketones is 1. The minimum Gasteiger partial charge on any atom is -0.392 e. The van der Waals surface area contributed by atoms with Gasteiger partial charge in [0, 0.05) is 17.2 Å². The highest BCUT2D eigenvalue weighted by atomic mass is 16.3. The van der Waals surface area contributed by atoms with E-state index in [1.165, 1.54) is 0 Å². The quantitative estimate of drug-likeness (QED) is 0.918. The van der Waals surface area contributed by atoms with Gasteiger partial charge in [-0.3, -0.25) is 14.6 Å². The summed E-state index contributed by atoms with van der Waals surface area (Å²) < 4.78 is 0. The Bertz CT molecular complexity index is 881. The Hall–Kier alpha value is -2.53. The molecule has 1 amide bonds. The Balaban J connectivity index is 1.96. The monoisotopic (exact) mass is 352 g/mol. The Morgan fingerprint density at radius 2 is 1.96 bits per heavy atom. The third kappa shape index (κ3) is 3.40. The topological polar surface area (TPSA) is 70.5 Å². The minimum absolute atomic E-state index is 0.00570. The van der Waals surface area contributed by atoms with Crippen molar-refractivity contribution in [2.75, 3.05) is 11.4 Å². The van der Waals surface area contributed by atoms with Gasteiger partial charge in [-0.25, -0.2) is 0 Å². The normalized spacial score (nSPS) is 13.9. The summed E-state index contributed by atoms with van der Waals surface area (Å²) in [5.41, 5.74) is 4.68. The molecule has 0 unspecified atom stereocenters. The zero-order chi connectivity index (χ0) is 19.1. The van der Waals surface area contributed by atoms with Crippen LogP contribution in [0.1, 0.15) is 37.6 Å². The van der Waals surface area contributed by atoms with Crippen LogP contribution in [0.25, 0.3) is 11.1 Å². The van der Waals surface area contributed by atoms with Crippen molar-refractivity contribution >= 4 is 17.4 Å². The summed E-state index contributed by atoms with van der Waals surface area (Å²) in [7, 11) is 0. The third-order valence-corrected chi connectivity index (χ3v) is 4.84. The van der Waals surface area contributed by atoms with Crippen LogP contribution in [0.5, 0.6) is 0 Å². The Labute approximate surface area is 153 Å². The van der Waals surface area contributed by atoms with E-state index in [1.54, 1.807) is 11.1 Å². The number of aliphatic hydroxyl groups is 1. The molecule has 5 nitrogen and oxygen atoms in total. The zero-order valence-electron chi connectivity index (χ0n) is 15.7. The van der Waals surface area contributed by atoms with E-state index >= 15 is 0 Å². The highest BCUT2D eigenvalue weighted by molar-refractivity contribution is 6.06. The van der Waals surface area contributed by atoms with Crippen molar-refractivity contribution in [1.29, 1.82) is 0 Å². The first kappa shape index (κ1) is 18.3. The van der Waals surface area contributed by atoms with Crippen LogP contribution in [-0.4, -0.2) is 28.3 Å². The third-order valence-electron chi connectivity index (χ3n) is 4.84. The Kier molecular flexibility index (Phi) is 4.67. The predicted molar refractivity (Wildman–Crippen MR) is 101 cm³/mol. The molecular formula is C21H24N2O3. The molecule has 136 valence electrons. The van der Waals surface area contributed by atoms with Crippen LogP contribution in [0.3, 0.4) is 0 Å². The number of Topliss-reactive ketones (excluding diaryl/α,β-unsaturated/α-hetero) is 1. The molecule has 0 bridgehead atoms. The molecule has 2 aromatic rings. The first-order valence-corrected chi connectivity index (χ1v) is 8.74. The smallest absolute Gasteiger partial charge is 0.233 e. The van der Waals surface area contributed by atoms with Crippen LogP contribution < -0.4 is 4.90 Å². The molecule has 0 fully saturated rings. The van der Waals surface area contributed by atoms with Gasteiger partial charge in [-0.05, 0) is 29.7 Å². The average molecular weight is 352 g/mol. The van der Waals surface area contributed by atoms with E-state index in [-0.39, 0.29) is 31.3 Å². The fourth-order valence-electron chi connectivity index (χ4n) is 2.99. The summed E-state index contributed by atoms with van der Waals surface area (Å²) in [4.78, 5) is 30.8. The van der Waals surface area contributed by atoms with Crippen LogP contribution >= 0.6 is 0 Å². The van der Waals surface area contributed by atoms with Crippen molar-refractivity contribution in [3.05, 3.63) is 47.3 Å². The first-order valence-electron chi connectivity index (χ1n) is 8.74. The van der Waals surface area contributed by atoms with Crippen LogP contribution in [0.15, 0.2) is 30.5 Å². The predicted octanol–water partition coefficient (Wildman–Crippen LogP) is 3.05. The summed E-state index contributed by atoms with van der Waals surface area (Å²) in [6, 6.07) is 7.75. The number of nitrogens with zero attached hydrogens (tertiary/aromatic N) is 2. The molecule has 1 N–H and O–H groups in total. The molecule has 1 aromatic carbocycles. The molecule has 1 aliphatic rings. The second-order valence-electron chi connectivity index (χ2n) is 7.82. The lowest BCUT2D eigenvalue weighted by atomic mass is 9.90. The van der Waals surface area contributed by atoms with Crippen LogP contribution in [0.2, 0.25) is 0 Å². The standard InChI is InChI=1S/C21H24N2O3/c1-13-7-14(5-6-15(13)12-24)16-8-18-17(22-10-16)9-20(26)23(18)11-19(25)21(2,3)4/h5-8,10,24H,9,11-12H2,1-4H3. The van der Waals surface area contributed by atoms with Gasteiger partial charge in [-0.2, -0.15) is 0 Å². The summed E-state index contributed by atoms with van der Waals surface area (Å²) in [5, 5.41) is 9.33. The second kappa shape index (κ2) is 6.65. The first-order chi connectivity index (χ1) is 12.2. The molecule has 0 radical (unpaired) electrons. The highest BCUT2D eigenvalue weighted by Crippen LogP contribution is 2.33. The number of benzene rings is 1. The van der Waals surface area contributed by atoms with Gasteiger partial charge in [0.15, 0.2) is 5.78 Å². The van der Waals surface area contributed by atoms with E-state index in [1.807, 2.05) is 52.0 Å². The minimum atomic E-state index is -0.495. The van der Waals surface area contributed by atoms with Crippen molar-refractivity contribution in [2.24, 2.45) is 5.41 Å². The van der Waals surface area contributed by atoms with Crippen LogP contribution in [0, 0.1) is 12.3 Å². The fraction of sp³-hybridized carbons (Fsp3) is 0.381. The number of hydrogen-bond acceptors (Lipinski definition) is 4. The molecule has 0 spiro atoms. The molecule has 5 heteroatoms. The molecule has 0 saturated heterocycles. The molecule has 1 aliphatic heterocycles. The second-order valence-corrected chi connectivity index (χ2v) is 7.82. The SMILES string of the molecule is Cc1cc(-c2cnc3c(c2)N(CC(=O)C(C)(C)C)C(=O)C3)ccc1CO. The fourth-order valence-corrected chi connectivity index (χ4v) is 2.99. The lowest BCUT2D eigenvalue weighted by molar-refractivity contribution is -0.127. The van der Waals surface area contributed by atoms with Gasteiger partial charge in [0.1, 0.15) is 0 Å².